The molecule has 2 aliphatic rings. The van der Waals surface area contributed by atoms with E-state index in [-0.39, 0.29) is 12.4 Å². The van der Waals surface area contributed by atoms with Crippen molar-refractivity contribution in [2.24, 2.45) is 5.41 Å². The average Bonchev–Trinajstić information content (AvgIpc) is 2.97. The summed E-state index contributed by atoms with van der Waals surface area (Å²) in [6.45, 7) is 4.22. The van der Waals surface area contributed by atoms with Crippen molar-refractivity contribution in [3.8, 4) is 0 Å². The molecule has 0 radical (unpaired) electrons. The number of aromatic amines is 1. The van der Waals surface area contributed by atoms with Crippen LogP contribution in [0.15, 0.2) is 12.4 Å². The van der Waals surface area contributed by atoms with Gasteiger partial charge in [-0.05, 0) is 69.0 Å². The summed E-state index contributed by atoms with van der Waals surface area (Å²) in [6.07, 6.45) is 12.5. The Morgan fingerprint density at radius 1 is 1.22 bits per heavy atom. The fraction of sp³-hybridized carbons (Fsp3) is 0.765. The second-order valence-corrected chi connectivity index (χ2v) is 6.94. The smallest absolute Gasteiger partial charge is 0.222 e. The zero-order chi connectivity index (χ0) is 15.3. The summed E-state index contributed by atoms with van der Waals surface area (Å²) in [5.74, 6) is 0.342. The lowest BCUT2D eigenvalue weighted by Crippen LogP contribution is -2.38. The normalized spacial score (nSPS) is 20.8. The number of carbonyl (C=O) groups is 1. The van der Waals surface area contributed by atoms with Crippen LogP contribution in [0, 0.1) is 5.41 Å². The number of amides is 1. The molecular formula is C17H29ClN4O. The Labute approximate surface area is 145 Å². The van der Waals surface area contributed by atoms with Crippen molar-refractivity contribution < 1.29 is 4.79 Å². The van der Waals surface area contributed by atoms with Gasteiger partial charge in [0.2, 0.25) is 5.91 Å². The van der Waals surface area contributed by atoms with Crippen molar-refractivity contribution in [3.63, 3.8) is 0 Å². The molecule has 1 aromatic rings. The quantitative estimate of drug-likeness (QED) is 0.885. The second kappa shape index (κ2) is 8.69. The molecule has 6 heteroatoms. The highest BCUT2D eigenvalue weighted by molar-refractivity contribution is 5.85. The zero-order valence-corrected chi connectivity index (χ0v) is 14.7. The molecule has 1 aromatic heterocycles. The molecule has 0 bridgehead atoms. The number of hydrogen-bond acceptors (Lipinski definition) is 3. The fourth-order valence-electron chi connectivity index (χ4n) is 3.98. The van der Waals surface area contributed by atoms with Gasteiger partial charge in [0.05, 0.1) is 6.20 Å². The van der Waals surface area contributed by atoms with Crippen molar-refractivity contribution in [2.75, 3.05) is 26.2 Å². The van der Waals surface area contributed by atoms with Crippen molar-refractivity contribution in [2.45, 2.75) is 51.4 Å². The van der Waals surface area contributed by atoms with Gasteiger partial charge in [0.15, 0.2) is 0 Å². The van der Waals surface area contributed by atoms with Crippen molar-refractivity contribution >= 4 is 18.3 Å². The van der Waals surface area contributed by atoms with Gasteiger partial charge in [0.1, 0.15) is 0 Å². The Hall–Kier alpha value is -1.07. The van der Waals surface area contributed by atoms with Crippen LogP contribution >= 0.6 is 12.4 Å². The first-order chi connectivity index (χ1) is 10.8. The minimum Gasteiger partial charge on any atom is -0.343 e. The van der Waals surface area contributed by atoms with Crippen LogP contribution < -0.4 is 5.32 Å². The lowest BCUT2D eigenvalue weighted by Gasteiger charge is -2.37. The standard InChI is InChI=1S/C17H28N4O.ClH/c22-16(4-1-3-15-13-19-20-14-15)21-11-2-5-17(8-12-21)6-9-18-10-7-17;/h13-14,18H,1-12H2,(H,19,20);1H. The third kappa shape index (κ3) is 4.95. The summed E-state index contributed by atoms with van der Waals surface area (Å²) in [7, 11) is 0. The van der Waals surface area contributed by atoms with Gasteiger partial charge < -0.3 is 10.2 Å². The van der Waals surface area contributed by atoms with E-state index < -0.39 is 0 Å². The number of H-pyrrole nitrogens is 1. The van der Waals surface area contributed by atoms with Gasteiger partial charge in [0, 0.05) is 25.7 Å². The van der Waals surface area contributed by atoms with Crippen LogP contribution in [0.1, 0.15) is 50.5 Å². The average molecular weight is 341 g/mol. The number of rotatable bonds is 4. The minimum atomic E-state index is 0. The lowest BCUT2D eigenvalue weighted by atomic mass is 9.73. The molecular weight excluding hydrogens is 312 g/mol. The SMILES string of the molecule is Cl.O=C(CCCc1cn[nH]c1)N1CCCC2(CCNCC2)CC1. The monoisotopic (exact) mass is 340 g/mol. The van der Waals surface area contributed by atoms with Crippen molar-refractivity contribution in [1.29, 1.82) is 0 Å². The molecule has 2 saturated heterocycles. The molecule has 2 fully saturated rings. The van der Waals surface area contributed by atoms with Crippen LogP contribution in [-0.4, -0.2) is 47.2 Å². The first kappa shape index (κ1) is 18.3. The fourth-order valence-corrected chi connectivity index (χ4v) is 3.98. The number of nitrogens with one attached hydrogen (secondary N) is 2. The topological polar surface area (TPSA) is 61.0 Å². The predicted octanol–water partition coefficient (Wildman–Crippen LogP) is 2.54. The number of aryl methyl sites for hydroxylation is 1. The molecule has 0 unspecified atom stereocenters. The Kier molecular flexibility index (Phi) is 6.90. The molecule has 0 aromatic carbocycles. The molecule has 0 saturated carbocycles. The highest BCUT2D eigenvalue weighted by Crippen LogP contribution is 2.39. The Bertz CT molecular complexity index is 471. The van der Waals surface area contributed by atoms with Crippen molar-refractivity contribution in [1.82, 2.24) is 20.4 Å². The molecule has 1 spiro atoms. The summed E-state index contributed by atoms with van der Waals surface area (Å²) in [4.78, 5) is 14.6. The van der Waals surface area contributed by atoms with E-state index >= 15 is 0 Å². The van der Waals surface area contributed by atoms with Gasteiger partial charge >= 0.3 is 0 Å². The van der Waals surface area contributed by atoms with Gasteiger partial charge in [0.25, 0.3) is 0 Å². The van der Waals surface area contributed by atoms with E-state index in [0.717, 1.165) is 39.0 Å². The van der Waals surface area contributed by atoms with Gasteiger partial charge in [-0.1, -0.05) is 0 Å². The van der Waals surface area contributed by atoms with E-state index in [1.807, 2.05) is 12.4 Å². The number of aromatic nitrogens is 2. The first-order valence-electron chi connectivity index (χ1n) is 8.74. The van der Waals surface area contributed by atoms with Gasteiger partial charge in [-0.25, -0.2) is 0 Å². The third-order valence-electron chi connectivity index (χ3n) is 5.48. The maximum Gasteiger partial charge on any atom is 0.222 e. The molecule has 2 aliphatic heterocycles. The maximum atomic E-state index is 12.4. The van der Waals surface area contributed by atoms with Gasteiger partial charge in [-0.2, -0.15) is 5.10 Å². The Morgan fingerprint density at radius 2 is 2.04 bits per heavy atom. The number of hydrogen-bond donors (Lipinski definition) is 2. The van der Waals surface area contributed by atoms with Crippen LogP contribution in [0.2, 0.25) is 0 Å². The molecule has 0 aliphatic carbocycles. The largest absolute Gasteiger partial charge is 0.343 e. The van der Waals surface area contributed by atoms with Crippen LogP contribution in [0.4, 0.5) is 0 Å². The predicted molar refractivity (Wildman–Crippen MR) is 93.7 cm³/mol. The summed E-state index contributed by atoms with van der Waals surface area (Å²) in [6, 6.07) is 0. The van der Waals surface area contributed by atoms with Crippen LogP contribution in [0.5, 0.6) is 0 Å². The molecule has 3 rings (SSSR count). The highest BCUT2D eigenvalue weighted by atomic mass is 35.5. The highest BCUT2D eigenvalue weighted by Gasteiger charge is 2.34. The van der Waals surface area contributed by atoms with Crippen molar-refractivity contribution in [3.05, 3.63) is 18.0 Å². The lowest BCUT2D eigenvalue weighted by molar-refractivity contribution is -0.131. The summed E-state index contributed by atoms with van der Waals surface area (Å²) in [5, 5.41) is 10.2. The molecule has 1 amide bonds. The van der Waals surface area contributed by atoms with Crippen LogP contribution in [0.25, 0.3) is 0 Å². The Balaban J connectivity index is 0.00000192. The van der Waals surface area contributed by atoms with E-state index in [0.29, 0.717) is 17.7 Å². The molecule has 3 heterocycles. The molecule has 5 nitrogen and oxygen atoms in total. The third-order valence-corrected chi connectivity index (χ3v) is 5.48. The summed E-state index contributed by atoms with van der Waals surface area (Å²) in [5.41, 5.74) is 1.70. The number of halogens is 1. The maximum absolute atomic E-state index is 12.4. The summed E-state index contributed by atoms with van der Waals surface area (Å²) >= 11 is 0. The van der Waals surface area contributed by atoms with E-state index in [4.69, 9.17) is 0 Å². The Morgan fingerprint density at radius 3 is 2.78 bits per heavy atom. The number of nitrogens with zero attached hydrogens (tertiary/aromatic N) is 2. The number of piperidine rings is 1. The number of carbonyl (C=O) groups excluding carboxylic acids is 1. The van der Waals surface area contributed by atoms with E-state index in [1.165, 1.54) is 37.7 Å². The molecule has 2 N–H and O–H groups in total. The van der Waals surface area contributed by atoms with Gasteiger partial charge in [-0.15, -0.1) is 12.4 Å². The first-order valence-corrected chi connectivity index (χ1v) is 8.74. The summed E-state index contributed by atoms with van der Waals surface area (Å²) < 4.78 is 0. The van der Waals surface area contributed by atoms with E-state index in [1.54, 1.807) is 0 Å². The molecule has 130 valence electrons. The second-order valence-electron chi connectivity index (χ2n) is 6.94. The minimum absolute atomic E-state index is 0. The number of likely N-dealkylation sites (tertiary alicyclic amines) is 1. The van der Waals surface area contributed by atoms with E-state index in [9.17, 15) is 4.79 Å². The molecule has 23 heavy (non-hydrogen) atoms. The zero-order valence-electron chi connectivity index (χ0n) is 13.9. The van der Waals surface area contributed by atoms with Crippen LogP contribution in [0.3, 0.4) is 0 Å². The van der Waals surface area contributed by atoms with E-state index in [2.05, 4.69) is 20.4 Å². The van der Waals surface area contributed by atoms with Crippen LogP contribution in [-0.2, 0) is 11.2 Å². The molecule has 0 atom stereocenters. The van der Waals surface area contributed by atoms with Gasteiger partial charge in [-0.3, -0.25) is 9.89 Å².